The van der Waals surface area contributed by atoms with Gasteiger partial charge in [0.2, 0.25) is 5.43 Å². The van der Waals surface area contributed by atoms with E-state index in [-0.39, 0.29) is 30.2 Å². The summed E-state index contributed by atoms with van der Waals surface area (Å²) in [6.07, 6.45) is 4.79. The third-order valence-corrected chi connectivity index (χ3v) is 4.26. The molecule has 8 heteroatoms. The van der Waals surface area contributed by atoms with Crippen molar-refractivity contribution in [1.29, 1.82) is 0 Å². The molecule has 0 aliphatic carbocycles. The summed E-state index contributed by atoms with van der Waals surface area (Å²) in [4.78, 5) is 25.1. The summed E-state index contributed by atoms with van der Waals surface area (Å²) in [5, 5.41) is 13.9. The molecule has 2 aromatic heterocycles. The molecule has 0 spiro atoms. The minimum Gasteiger partial charge on any atom is -0.502 e. The van der Waals surface area contributed by atoms with E-state index in [4.69, 9.17) is 11.6 Å². The van der Waals surface area contributed by atoms with Crippen LogP contribution in [0.3, 0.4) is 0 Å². The molecule has 0 aliphatic heterocycles. The Labute approximate surface area is 167 Å². The first-order valence-corrected chi connectivity index (χ1v) is 8.70. The zero-order valence-electron chi connectivity index (χ0n) is 15.0. The lowest BCUT2D eigenvalue weighted by molar-refractivity contribution is 0.472. The Kier molecular flexibility index (Phi) is 6.57. The topological polar surface area (TPSA) is 75.7 Å². The molecule has 0 atom stereocenters. The summed E-state index contributed by atoms with van der Waals surface area (Å²) >= 11 is 5.98. The summed E-state index contributed by atoms with van der Waals surface area (Å²) in [5.41, 5.74) is 0.0389. The Morgan fingerprint density at radius 1 is 1.22 bits per heavy atom. The van der Waals surface area contributed by atoms with Gasteiger partial charge in [0, 0.05) is 30.2 Å². The molecule has 2 heterocycles. The molecule has 0 fully saturated rings. The van der Waals surface area contributed by atoms with Gasteiger partial charge in [-0.2, -0.15) is 0 Å². The maximum absolute atomic E-state index is 12.8. The largest absolute Gasteiger partial charge is 0.502 e. The predicted octanol–water partition coefficient (Wildman–Crippen LogP) is 3.36. The molecule has 6 nitrogen and oxygen atoms in total. The highest BCUT2D eigenvalue weighted by Gasteiger charge is 2.14. The Hall–Kier alpha value is -2.44. The normalized spacial score (nSPS) is 10.8. The van der Waals surface area contributed by atoms with E-state index in [1.165, 1.54) is 15.2 Å². The summed E-state index contributed by atoms with van der Waals surface area (Å²) in [6.45, 7) is 4.91. The van der Waals surface area contributed by atoms with Crippen LogP contribution in [0.25, 0.3) is 5.52 Å². The van der Waals surface area contributed by atoms with E-state index in [1.54, 1.807) is 30.6 Å². The van der Waals surface area contributed by atoms with E-state index in [2.05, 4.69) is 5.32 Å². The Balaban J connectivity index is 0.00000261. The van der Waals surface area contributed by atoms with Gasteiger partial charge in [-0.05, 0) is 23.6 Å². The number of nitrogens with zero attached hydrogens (tertiary/aromatic N) is 2. The highest BCUT2D eigenvalue weighted by atomic mass is 35.5. The molecular formula is C19H21Cl2N3O3. The molecule has 0 saturated carbocycles. The molecule has 0 radical (unpaired) electrons. The molecule has 3 aromatic rings. The van der Waals surface area contributed by atoms with E-state index >= 15 is 0 Å². The molecular weight excluding hydrogens is 389 g/mol. The second-order valence-corrected chi connectivity index (χ2v) is 7.05. The van der Waals surface area contributed by atoms with Crippen LogP contribution in [0.1, 0.15) is 19.4 Å². The second kappa shape index (κ2) is 8.50. The smallest absolute Gasteiger partial charge is 0.279 e. The van der Waals surface area contributed by atoms with Gasteiger partial charge < -0.3 is 19.4 Å². The summed E-state index contributed by atoms with van der Waals surface area (Å²) in [7, 11) is 0. The zero-order valence-corrected chi connectivity index (χ0v) is 16.5. The van der Waals surface area contributed by atoms with Gasteiger partial charge in [-0.25, -0.2) is 0 Å². The van der Waals surface area contributed by atoms with Crippen molar-refractivity contribution in [2.45, 2.75) is 20.4 Å². The number of aromatic nitrogens is 2. The lowest BCUT2D eigenvalue weighted by atomic mass is 10.2. The van der Waals surface area contributed by atoms with Gasteiger partial charge in [-0.3, -0.25) is 9.59 Å². The quantitative estimate of drug-likeness (QED) is 0.677. The first kappa shape index (κ1) is 20.9. The first-order chi connectivity index (χ1) is 12.4. The molecule has 27 heavy (non-hydrogen) atoms. The lowest BCUT2D eigenvalue weighted by Crippen LogP contribution is -2.25. The van der Waals surface area contributed by atoms with Gasteiger partial charge in [0.25, 0.3) is 5.56 Å². The van der Waals surface area contributed by atoms with Crippen LogP contribution in [0, 0.1) is 5.92 Å². The Morgan fingerprint density at radius 3 is 2.63 bits per heavy atom. The van der Waals surface area contributed by atoms with Crippen molar-refractivity contribution in [3.8, 4) is 5.75 Å². The zero-order chi connectivity index (χ0) is 18.8. The molecule has 1 aromatic carbocycles. The van der Waals surface area contributed by atoms with Crippen LogP contribution >= 0.6 is 24.0 Å². The molecule has 2 N–H and O–H groups in total. The SMILES string of the molecule is CC(C)CNc1cn2ccn(Cc3cccc(Cl)c3)c(=O)c2c(O)c1=O.Cl. The minimum atomic E-state index is -0.580. The minimum absolute atomic E-state index is 0. The fourth-order valence-electron chi connectivity index (χ4n) is 2.70. The monoisotopic (exact) mass is 409 g/mol. The van der Waals surface area contributed by atoms with Crippen molar-refractivity contribution in [3.63, 3.8) is 0 Å². The van der Waals surface area contributed by atoms with Crippen LogP contribution < -0.4 is 16.3 Å². The van der Waals surface area contributed by atoms with E-state index in [0.717, 1.165) is 5.56 Å². The van der Waals surface area contributed by atoms with E-state index in [1.807, 2.05) is 19.9 Å². The second-order valence-electron chi connectivity index (χ2n) is 6.61. The van der Waals surface area contributed by atoms with Gasteiger partial charge in [0.1, 0.15) is 5.69 Å². The molecule has 0 amide bonds. The van der Waals surface area contributed by atoms with Crippen LogP contribution in [0.2, 0.25) is 5.02 Å². The van der Waals surface area contributed by atoms with Gasteiger partial charge >= 0.3 is 0 Å². The van der Waals surface area contributed by atoms with E-state index in [0.29, 0.717) is 17.5 Å². The standard InChI is InChI=1S/C19H20ClN3O3.ClH/c1-12(2)9-21-15-11-22-6-7-23(10-13-4-3-5-14(20)8-13)19(26)16(22)18(25)17(15)24;/h3-8,11-12,21,25H,9-10H2,1-2H3;1H. The van der Waals surface area contributed by atoms with Crippen molar-refractivity contribution in [2.24, 2.45) is 5.92 Å². The highest BCUT2D eigenvalue weighted by molar-refractivity contribution is 6.30. The van der Waals surface area contributed by atoms with Crippen molar-refractivity contribution >= 4 is 35.2 Å². The van der Waals surface area contributed by atoms with Crippen molar-refractivity contribution < 1.29 is 5.11 Å². The number of anilines is 1. The highest BCUT2D eigenvalue weighted by Crippen LogP contribution is 2.15. The van der Waals surface area contributed by atoms with Crippen LogP contribution in [-0.4, -0.2) is 20.6 Å². The lowest BCUT2D eigenvalue weighted by Gasteiger charge is -2.13. The third kappa shape index (κ3) is 4.46. The van der Waals surface area contributed by atoms with Crippen molar-refractivity contribution in [3.05, 3.63) is 74.0 Å². The molecule has 0 aliphatic rings. The number of hydrogen-bond donors (Lipinski definition) is 2. The Morgan fingerprint density at radius 2 is 1.96 bits per heavy atom. The first-order valence-electron chi connectivity index (χ1n) is 8.32. The Bertz CT molecular complexity index is 1070. The number of nitrogens with one attached hydrogen (secondary N) is 1. The molecule has 0 bridgehead atoms. The van der Waals surface area contributed by atoms with Gasteiger partial charge in [0.05, 0.1) is 6.54 Å². The average Bonchev–Trinajstić information content (AvgIpc) is 2.59. The maximum Gasteiger partial charge on any atom is 0.279 e. The van der Waals surface area contributed by atoms with Crippen molar-refractivity contribution in [2.75, 3.05) is 11.9 Å². The number of rotatable bonds is 5. The maximum atomic E-state index is 12.8. The van der Waals surface area contributed by atoms with Crippen LogP contribution in [0.15, 0.2) is 52.4 Å². The fourth-order valence-corrected chi connectivity index (χ4v) is 2.91. The van der Waals surface area contributed by atoms with Gasteiger partial charge in [-0.15, -0.1) is 12.4 Å². The molecule has 0 saturated heterocycles. The van der Waals surface area contributed by atoms with Gasteiger partial charge in [0.15, 0.2) is 11.3 Å². The van der Waals surface area contributed by atoms with Crippen LogP contribution in [0.5, 0.6) is 5.75 Å². The number of pyridine rings is 1. The average molecular weight is 410 g/mol. The fraction of sp³-hybridized carbons (Fsp3) is 0.263. The number of hydrogen-bond acceptors (Lipinski definition) is 4. The molecule has 3 rings (SSSR count). The number of aromatic hydroxyl groups is 1. The number of fused-ring (bicyclic) bond motifs is 1. The summed E-state index contributed by atoms with van der Waals surface area (Å²) in [5.74, 6) is -0.216. The number of benzene rings is 1. The van der Waals surface area contributed by atoms with Gasteiger partial charge in [-0.1, -0.05) is 37.6 Å². The van der Waals surface area contributed by atoms with E-state index < -0.39 is 16.7 Å². The van der Waals surface area contributed by atoms with Crippen LogP contribution in [0.4, 0.5) is 5.69 Å². The van der Waals surface area contributed by atoms with Crippen molar-refractivity contribution in [1.82, 2.24) is 8.97 Å². The molecule has 0 unspecified atom stereocenters. The predicted molar refractivity (Wildman–Crippen MR) is 111 cm³/mol. The molecule has 144 valence electrons. The summed E-state index contributed by atoms with van der Waals surface area (Å²) in [6, 6.07) is 7.18. The third-order valence-electron chi connectivity index (χ3n) is 4.02. The van der Waals surface area contributed by atoms with Crippen LogP contribution in [-0.2, 0) is 6.54 Å². The van der Waals surface area contributed by atoms with E-state index in [9.17, 15) is 14.7 Å². The number of halogens is 2. The summed E-state index contributed by atoms with van der Waals surface area (Å²) < 4.78 is 2.90.